The van der Waals surface area contributed by atoms with Gasteiger partial charge in [-0.1, -0.05) is 30.3 Å². The molecule has 0 N–H and O–H groups in total. The SMILES string of the molecule is CC(=O)N1CCCN(CC(=O)c2ccccc2)CC1. The van der Waals surface area contributed by atoms with Crippen LogP contribution in [0, 0.1) is 0 Å². The first-order valence-electron chi connectivity index (χ1n) is 6.73. The maximum atomic E-state index is 12.1. The van der Waals surface area contributed by atoms with Gasteiger partial charge in [0, 0.05) is 38.7 Å². The van der Waals surface area contributed by atoms with E-state index < -0.39 is 0 Å². The van der Waals surface area contributed by atoms with Gasteiger partial charge >= 0.3 is 0 Å². The molecule has 19 heavy (non-hydrogen) atoms. The lowest BCUT2D eigenvalue weighted by molar-refractivity contribution is -0.128. The van der Waals surface area contributed by atoms with E-state index in [1.807, 2.05) is 35.2 Å². The molecular weight excluding hydrogens is 240 g/mol. The van der Waals surface area contributed by atoms with Crippen molar-refractivity contribution in [2.24, 2.45) is 0 Å². The maximum Gasteiger partial charge on any atom is 0.219 e. The van der Waals surface area contributed by atoms with Gasteiger partial charge in [-0.25, -0.2) is 0 Å². The fourth-order valence-corrected chi connectivity index (χ4v) is 2.36. The predicted molar refractivity (Wildman–Crippen MR) is 74.1 cm³/mol. The Balaban J connectivity index is 1.90. The molecule has 0 atom stereocenters. The Kier molecular flexibility index (Phi) is 4.68. The van der Waals surface area contributed by atoms with E-state index in [1.54, 1.807) is 6.92 Å². The van der Waals surface area contributed by atoms with Crippen LogP contribution in [0.2, 0.25) is 0 Å². The van der Waals surface area contributed by atoms with Crippen LogP contribution in [0.1, 0.15) is 23.7 Å². The van der Waals surface area contributed by atoms with Crippen molar-refractivity contribution < 1.29 is 9.59 Å². The zero-order valence-electron chi connectivity index (χ0n) is 11.3. The Labute approximate surface area is 114 Å². The van der Waals surface area contributed by atoms with E-state index in [9.17, 15) is 9.59 Å². The smallest absolute Gasteiger partial charge is 0.219 e. The molecule has 1 amide bonds. The van der Waals surface area contributed by atoms with Gasteiger partial charge in [0.05, 0.1) is 6.54 Å². The average Bonchev–Trinajstić information content (AvgIpc) is 2.65. The summed E-state index contributed by atoms with van der Waals surface area (Å²) in [5, 5.41) is 0. The number of carbonyl (C=O) groups is 2. The fraction of sp³-hybridized carbons (Fsp3) is 0.467. The average molecular weight is 260 g/mol. The lowest BCUT2D eigenvalue weighted by atomic mass is 10.1. The van der Waals surface area contributed by atoms with E-state index in [2.05, 4.69) is 4.90 Å². The van der Waals surface area contributed by atoms with E-state index in [1.165, 1.54) is 0 Å². The normalized spacial score (nSPS) is 17.0. The summed E-state index contributed by atoms with van der Waals surface area (Å²) in [6.07, 6.45) is 0.932. The number of hydrogen-bond donors (Lipinski definition) is 0. The van der Waals surface area contributed by atoms with Gasteiger partial charge in [-0.2, -0.15) is 0 Å². The highest BCUT2D eigenvalue weighted by Gasteiger charge is 2.18. The van der Waals surface area contributed by atoms with Crippen LogP contribution in [0.25, 0.3) is 0 Å². The Morgan fingerprint density at radius 3 is 2.47 bits per heavy atom. The maximum absolute atomic E-state index is 12.1. The number of Topliss-reactive ketones (excluding diaryl/α,β-unsaturated/α-hetero) is 1. The van der Waals surface area contributed by atoms with E-state index in [0.717, 1.165) is 38.2 Å². The number of amides is 1. The van der Waals surface area contributed by atoms with Gasteiger partial charge in [0.1, 0.15) is 0 Å². The Morgan fingerprint density at radius 2 is 1.79 bits per heavy atom. The molecule has 2 rings (SSSR count). The lowest BCUT2D eigenvalue weighted by Gasteiger charge is -2.20. The molecule has 0 unspecified atom stereocenters. The number of rotatable bonds is 3. The lowest BCUT2D eigenvalue weighted by Crippen LogP contribution is -2.35. The summed E-state index contributed by atoms with van der Waals surface area (Å²) in [5.74, 6) is 0.271. The molecule has 4 heteroatoms. The first kappa shape index (κ1) is 13.7. The third-order valence-corrected chi connectivity index (χ3v) is 3.50. The molecule has 0 saturated carbocycles. The minimum Gasteiger partial charge on any atom is -0.342 e. The minimum atomic E-state index is 0.122. The zero-order valence-corrected chi connectivity index (χ0v) is 11.3. The van der Waals surface area contributed by atoms with Crippen LogP contribution in [-0.2, 0) is 4.79 Å². The van der Waals surface area contributed by atoms with Crippen molar-refractivity contribution in [1.29, 1.82) is 0 Å². The molecule has 102 valence electrons. The van der Waals surface area contributed by atoms with E-state index in [4.69, 9.17) is 0 Å². The van der Waals surface area contributed by atoms with Crippen molar-refractivity contribution in [2.45, 2.75) is 13.3 Å². The van der Waals surface area contributed by atoms with Crippen LogP contribution in [0.5, 0.6) is 0 Å². The Morgan fingerprint density at radius 1 is 1.05 bits per heavy atom. The molecule has 4 nitrogen and oxygen atoms in total. The molecule has 0 spiro atoms. The van der Waals surface area contributed by atoms with Gasteiger partial charge in [-0.15, -0.1) is 0 Å². The molecule has 0 aliphatic carbocycles. The van der Waals surface area contributed by atoms with Gasteiger partial charge in [-0.3, -0.25) is 14.5 Å². The van der Waals surface area contributed by atoms with Crippen LogP contribution in [0.15, 0.2) is 30.3 Å². The van der Waals surface area contributed by atoms with Crippen molar-refractivity contribution in [1.82, 2.24) is 9.80 Å². The Bertz CT molecular complexity index is 445. The largest absolute Gasteiger partial charge is 0.342 e. The number of nitrogens with zero attached hydrogens (tertiary/aromatic N) is 2. The van der Waals surface area contributed by atoms with Crippen LogP contribution in [0.4, 0.5) is 0 Å². The second-order valence-electron chi connectivity index (χ2n) is 4.92. The highest BCUT2D eigenvalue weighted by Crippen LogP contribution is 2.06. The van der Waals surface area contributed by atoms with Crippen molar-refractivity contribution in [3.63, 3.8) is 0 Å². The summed E-state index contributed by atoms with van der Waals surface area (Å²) < 4.78 is 0. The van der Waals surface area contributed by atoms with Crippen LogP contribution >= 0.6 is 0 Å². The van der Waals surface area contributed by atoms with Crippen molar-refractivity contribution in [3.8, 4) is 0 Å². The number of carbonyl (C=O) groups excluding carboxylic acids is 2. The molecule has 0 bridgehead atoms. The second kappa shape index (κ2) is 6.48. The first-order valence-corrected chi connectivity index (χ1v) is 6.73. The molecule has 0 aromatic heterocycles. The van der Waals surface area contributed by atoms with Gasteiger partial charge in [0.25, 0.3) is 0 Å². The molecule has 1 heterocycles. The molecule has 1 fully saturated rings. The molecule has 1 aliphatic rings. The summed E-state index contributed by atoms with van der Waals surface area (Å²) >= 11 is 0. The highest BCUT2D eigenvalue weighted by atomic mass is 16.2. The molecule has 1 aliphatic heterocycles. The zero-order chi connectivity index (χ0) is 13.7. The highest BCUT2D eigenvalue weighted by molar-refractivity contribution is 5.97. The van der Waals surface area contributed by atoms with E-state index in [0.29, 0.717) is 6.54 Å². The van der Waals surface area contributed by atoms with Crippen LogP contribution in [-0.4, -0.2) is 54.2 Å². The summed E-state index contributed by atoms with van der Waals surface area (Å²) in [6.45, 7) is 5.21. The fourth-order valence-electron chi connectivity index (χ4n) is 2.36. The van der Waals surface area contributed by atoms with Gasteiger partial charge in [-0.05, 0) is 6.42 Å². The molecule has 1 saturated heterocycles. The predicted octanol–water partition coefficient (Wildman–Crippen LogP) is 1.42. The summed E-state index contributed by atoms with van der Waals surface area (Å²) in [6, 6.07) is 9.37. The molecule has 1 aromatic carbocycles. The Hall–Kier alpha value is -1.68. The van der Waals surface area contributed by atoms with Gasteiger partial charge in [0.15, 0.2) is 5.78 Å². The number of benzene rings is 1. The standard InChI is InChI=1S/C15H20N2O2/c1-13(18)17-9-5-8-16(10-11-17)12-15(19)14-6-3-2-4-7-14/h2-4,6-7H,5,8-12H2,1H3. The van der Waals surface area contributed by atoms with Crippen molar-refractivity contribution in [2.75, 3.05) is 32.7 Å². The molecule has 1 aromatic rings. The van der Waals surface area contributed by atoms with Gasteiger partial charge in [0.2, 0.25) is 5.91 Å². The third kappa shape index (κ3) is 3.89. The van der Waals surface area contributed by atoms with E-state index >= 15 is 0 Å². The summed E-state index contributed by atoms with van der Waals surface area (Å²) in [7, 11) is 0. The summed E-state index contributed by atoms with van der Waals surface area (Å²) in [4.78, 5) is 27.5. The molecular formula is C15H20N2O2. The molecule has 0 radical (unpaired) electrons. The monoisotopic (exact) mass is 260 g/mol. The van der Waals surface area contributed by atoms with Crippen LogP contribution < -0.4 is 0 Å². The summed E-state index contributed by atoms with van der Waals surface area (Å²) in [5.41, 5.74) is 0.759. The quantitative estimate of drug-likeness (QED) is 0.772. The van der Waals surface area contributed by atoms with Crippen molar-refractivity contribution >= 4 is 11.7 Å². The number of hydrogen-bond acceptors (Lipinski definition) is 3. The minimum absolute atomic E-state index is 0.122. The van der Waals surface area contributed by atoms with E-state index in [-0.39, 0.29) is 11.7 Å². The van der Waals surface area contributed by atoms with Crippen LogP contribution in [0.3, 0.4) is 0 Å². The first-order chi connectivity index (χ1) is 9.16. The topological polar surface area (TPSA) is 40.6 Å². The number of ketones is 1. The van der Waals surface area contributed by atoms with Crippen molar-refractivity contribution in [3.05, 3.63) is 35.9 Å². The van der Waals surface area contributed by atoms with Gasteiger partial charge < -0.3 is 4.90 Å². The third-order valence-electron chi connectivity index (χ3n) is 3.50. The second-order valence-corrected chi connectivity index (χ2v) is 4.92.